The molecule has 2 aromatic rings. The van der Waals surface area contributed by atoms with E-state index in [1.54, 1.807) is 29.2 Å². The van der Waals surface area contributed by atoms with Crippen LogP contribution in [0.3, 0.4) is 0 Å². The van der Waals surface area contributed by atoms with E-state index in [0.29, 0.717) is 25.4 Å². The predicted octanol–water partition coefficient (Wildman–Crippen LogP) is 4.12. The van der Waals surface area contributed by atoms with Crippen LogP contribution in [0.1, 0.15) is 23.2 Å². The van der Waals surface area contributed by atoms with E-state index in [-0.39, 0.29) is 22.6 Å². The summed E-state index contributed by atoms with van der Waals surface area (Å²) in [5.41, 5.74) is -0.136. The molecule has 5 nitrogen and oxygen atoms in total. The lowest BCUT2D eigenvalue weighted by Crippen LogP contribution is -2.42. The lowest BCUT2D eigenvalue weighted by molar-refractivity contribution is 0.0927. The Bertz CT molecular complexity index is 788. The number of hydrogen-bond acceptors (Lipinski definition) is 3. The van der Waals surface area contributed by atoms with Gasteiger partial charge in [0.1, 0.15) is 11.6 Å². The number of carbonyl (C=O) groups is 2. The Balaban J connectivity index is 1.46. The summed E-state index contributed by atoms with van der Waals surface area (Å²) in [5.74, 6) is -0.443. The van der Waals surface area contributed by atoms with Gasteiger partial charge in [0.15, 0.2) is 0 Å². The van der Waals surface area contributed by atoms with Crippen molar-refractivity contribution >= 4 is 23.6 Å². The summed E-state index contributed by atoms with van der Waals surface area (Å²) < 4.78 is 19.1. The van der Waals surface area contributed by atoms with Crippen LogP contribution in [0.4, 0.5) is 9.18 Å². The topological polar surface area (TPSA) is 58.6 Å². The molecule has 7 heteroatoms. The van der Waals surface area contributed by atoms with E-state index >= 15 is 0 Å². The second kappa shape index (κ2) is 8.86. The van der Waals surface area contributed by atoms with Gasteiger partial charge in [-0.25, -0.2) is 9.18 Å². The molecule has 1 aliphatic heterocycles. The molecule has 0 atom stereocenters. The second-order valence-corrected chi connectivity index (χ2v) is 6.83. The normalized spacial score (nSPS) is 14.7. The number of ether oxygens (including phenoxy) is 1. The highest BCUT2D eigenvalue weighted by Crippen LogP contribution is 2.21. The first-order valence-corrected chi connectivity index (χ1v) is 9.16. The molecule has 0 aliphatic carbocycles. The van der Waals surface area contributed by atoms with Crippen molar-refractivity contribution in [3.05, 3.63) is 64.9 Å². The Kier molecular flexibility index (Phi) is 6.29. The lowest BCUT2D eigenvalue weighted by Gasteiger charge is -2.31. The van der Waals surface area contributed by atoms with Gasteiger partial charge in [-0.15, -0.1) is 0 Å². The summed E-state index contributed by atoms with van der Waals surface area (Å²) >= 11 is 5.91. The van der Waals surface area contributed by atoms with Crippen LogP contribution in [0, 0.1) is 11.7 Å². The van der Waals surface area contributed by atoms with Gasteiger partial charge in [-0.1, -0.05) is 35.9 Å². The first-order chi connectivity index (χ1) is 13.0. The highest BCUT2D eigenvalue weighted by molar-refractivity contribution is 6.33. The molecule has 142 valence electrons. The first kappa shape index (κ1) is 19.2. The predicted molar refractivity (Wildman–Crippen MR) is 101 cm³/mol. The number of rotatable bonds is 4. The minimum Gasteiger partial charge on any atom is -0.410 e. The molecule has 0 radical (unpaired) electrons. The molecule has 1 N–H and O–H groups in total. The van der Waals surface area contributed by atoms with Crippen molar-refractivity contribution in [3.8, 4) is 5.75 Å². The average Bonchev–Trinajstić information content (AvgIpc) is 2.67. The quantitative estimate of drug-likeness (QED) is 0.854. The van der Waals surface area contributed by atoms with Crippen LogP contribution < -0.4 is 10.1 Å². The molecule has 1 aliphatic rings. The van der Waals surface area contributed by atoms with Gasteiger partial charge in [0, 0.05) is 19.6 Å². The zero-order chi connectivity index (χ0) is 19.2. The molecule has 0 aromatic heterocycles. The fraction of sp³-hybridized carbons (Fsp3) is 0.300. The SMILES string of the molecule is O=C(NCC1CCN(C(=O)Oc2ccccc2)CC1)c1c(F)cccc1Cl. The van der Waals surface area contributed by atoms with Gasteiger partial charge >= 0.3 is 6.09 Å². The van der Waals surface area contributed by atoms with Crippen LogP contribution >= 0.6 is 11.6 Å². The number of halogens is 2. The van der Waals surface area contributed by atoms with Crippen LogP contribution in [0.5, 0.6) is 5.75 Å². The van der Waals surface area contributed by atoms with Crippen molar-refractivity contribution in [1.82, 2.24) is 10.2 Å². The van der Waals surface area contributed by atoms with Crippen LogP contribution in [0.2, 0.25) is 5.02 Å². The Labute approximate surface area is 162 Å². The van der Waals surface area contributed by atoms with Crippen molar-refractivity contribution in [1.29, 1.82) is 0 Å². The number of hydrogen-bond donors (Lipinski definition) is 1. The van der Waals surface area contributed by atoms with E-state index in [9.17, 15) is 14.0 Å². The van der Waals surface area contributed by atoms with Crippen LogP contribution in [-0.2, 0) is 0 Å². The number of likely N-dealkylation sites (tertiary alicyclic amines) is 1. The molecule has 0 bridgehead atoms. The van der Waals surface area contributed by atoms with Gasteiger partial charge in [-0.05, 0) is 43.0 Å². The molecular formula is C20H20ClFN2O3. The smallest absolute Gasteiger partial charge is 0.410 e. The molecule has 1 heterocycles. The van der Waals surface area contributed by atoms with Gasteiger partial charge in [-0.3, -0.25) is 4.79 Å². The number of carbonyl (C=O) groups excluding carboxylic acids is 2. The first-order valence-electron chi connectivity index (χ1n) is 8.78. The molecule has 0 unspecified atom stereocenters. The largest absolute Gasteiger partial charge is 0.415 e. The third-order valence-electron chi connectivity index (χ3n) is 4.56. The Morgan fingerprint density at radius 2 is 1.81 bits per heavy atom. The molecular weight excluding hydrogens is 371 g/mol. The number of nitrogens with one attached hydrogen (secondary N) is 1. The summed E-state index contributed by atoms with van der Waals surface area (Å²) in [4.78, 5) is 26.0. The van der Waals surface area contributed by atoms with E-state index < -0.39 is 11.7 Å². The van der Waals surface area contributed by atoms with Crippen LogP contribution in [0.15, 0.2) is 48.5 Å². The minimum absolute atomic E-state index is 0.0889. The fourth-order valence-electron chi connectivity index (χ4n) is 3.01. The molecule has 0 spiro atoms. The maximum absolute atomic E-state index is 13.8. The van der Waals surface area contributed by atoms with E-state index in [1.807, 2.05) is 6.07 Å². The summed E-state index contributed by atoms with van der Waals surface area (Å²) in [6.45, 7) is 1.50. The molecule has 1 fully saturated rings. The number of para-hydroxylation sites is 1. The Morgan fingerprint density at radius 1 is 1.11 bits per heavy atom. The van der Waals surface area contributed by atoms with E-state index in [1.165, 1.54) is 18.2 Å². The van der Waals surface area contributed by atoms with Gasteiger partial charge in [0.2, 0.25) is 0 Å². The zero-order valence-corrected chi connectivity index (χ0v) is 15.4. The van der Waals surface area contributed by atoms with Gasteiger partial charge < -0.3 is 15.0 Å². The van der Waals surface area contributed by atoms with E-state index in [4.69, 9.17) is 16.3 Å². The number of amides is 2. The average molecular weight is 391 g/mol. The molecule has 2 amide bonds. The summed E-state index contributed by atoms with van der Waals surface area (Å²) in [5, 5.41) is 2.83. The Morgan fingerprint density at radius 3 is 2.48 bits per heavy atom. The van der Waals surface area contributed by atoms with Crippen molar-refractivity contribution < 1.29 is 18.7 Å². The summed E-state index contributed by atoms with van der Waals surface area (Å²) in [7, 11) is 0. The van der Waals surface area contributed by atoms with Crippen LogP contribution in [-0.4, -0.2) is 36.5 Å². The third kappa shape index (κ3) is 4.98. The highest BCUT2D eigenvalue weighted by Gasteiger charge is 2.25. The van der Waals surface area contributed by atoms with Gasteiger partial charge in [0.05, 0.1) is 10.6 Å². The van der Waals surface area contributed by atoms with Gasteiger partial charge in [-0.2, -0.15) is 0 Å². The standard InChI is InChI=1S/C20H20ClFN2O3/c21-16-7-4-8-17(22)18(16)19(25)23-13-14-9-11-24(12-10-14)20(26)27-15-5-2-1-3-6-15/h1-8,14H,9-13H2,(H,23,25). The number of piperidine rings is 1. The molecule has 0 saturated carbocycles. The molecule has 27 heavy (non-hydrogen) atoms. The summed E-state index contributed by atoms with van der Waals surface area (Å²) in [6.07, 6.45) is 1.09. The second-order valence-electron chi connectivity index (χ2n) is 6.42. The van der Waals surface area contributed by atoms with Crippen molar-refractivity contribution in [2.24, 2.45) is 5.92 Å². The molecule has 1 saturated heterocycles. The molecule has 2 aromatic carbocycles. The maximum atomic E-state index is 13.8. The van der Waals surface area contributed by atoms with Gasteiger partial charge in [0.25, 0.3) is 5.91 Å². The van der Waals surface area contributed by atoms with E-state index in [0.717, 1.165) is 12.8 Å². The minimum atomic E-state index is -0.640. The van der Waals surface area contributed by atoms with E-state index in [2.05, 4.69) is 5.32 Å². The van der Waals surface area contributed by atoms with Crippen molar-refractivity contribution in [2.75, 3.05) is 19.6 Å². The zero-order valence-electron chi connectivity index (χ0n) is 14.7. The highest BCUT2D eigenvalue weighted by atomic mass is 35.5. The fourth-order valence-corrected chi connectivity index (χ4v) is 3.26. The third-order valence-corrected chi connectivity index (χ3v) is 4.88. The monoisotopic (exact) mass is 390 g/mol. The summed E-state index contributed by atoms with van der Waals surface area (Å²) in [6, 6.07) is 13.1. The lowest BCUT2D eigenvalue weighted by atomic mass is 9.97. The van der Waals surface area contributed by atoms with Crippen LogP contribution in [0.25, 0.3) is 0 Å². The molecule has 3 rings (SSSR count). The van der Waals surface area contributed by atoms with Crippen molar-refractivity contribution in [2.45, 2.75) is 12.8 Å². The number of nitrogens with zero attached hydrogens (tertiary/aromatic N) is 1. The number of benzene rings is 2. The Hall–Kier alpha value is -2.60. The van der Waals surface area contributed by atoms with Crippen molar-refractivity contribution in [3.63, 3.8) is 0 Å². The maximum Gasteiger partial charge on any atom is 0.415 e.